The summed E-state index contributed by atoms with van der Waals surface area (Å²) in [5.74, 6) is 1.70. The average Bonchev–Trinajstić information content (AvgIpc) is 1.81. The monoisotopic (exact) mass is 156 g/mol. The zero-order valence-corrected chi connectivity index (χ0v) is 8.55. The van der Waals surface area contributed by atoms with Gasteiger partial charge in [-0.05, 0) is 13.8 Å². The molecule has 0 saturated heterocycles. The van der Waals surface area contributed by atoms with Gasteiger partial charge in [0, 0.05) is 26.1 Å². The molecule has 2 nitrogen and oxygen atoms in total. The Labute approximate surface area is 70.3 Å². The lowest BCUT2D eigenvalue weighted by molar-refractivity contribution is 0.563. The summed E-state index contributed by atoms with van der Waals surface area (Å²) in [6.45, 7) is 8.54. The highest BCUT2D eigenvalue weighted by molar-refractivity contribution is 5.83. The fourth-order valence-electron chi connectivity index (χ4n) is 1.05. The largest absolute Gasteiger partial charge is 0.366 e. The van der Waals surface area contributed by atoms with E-state index in [1.807, 2.05) is 14.1 Å². The first-order valence-corrected chi connectivity index (χ1v) is 4.20. The maximum absolute atomic E-state index is 4.52. The Hall–Kier alpha value is -0.530. The topological polar surface area (TPSA) is 15.6 Å². The standard InChI is InChI=1S/C9H20N2/c1-7(2)9(11(5)6)10-8(3)4/h7-8H,1-6H3/b10-9+. The third-order valence-corrected chi connectivity index (χ3v) is 1.37. The summed E-state index contributed by atoms with van der Waals surface area (Å²) in [5, 5.41) is 0. The van der Waals surface area contributed by atoms with Crippen LogP contribution in [0.25, 0.3) is 0 Å². The maximum atomic E-state index is 4.52. The van der Waals surface area contributed by atoms with Crippen molar-refractivity contribution in [1.82, 2.24) is 4.90 Å². The third kappa shape index (κ3) is 4.02. The van der Waals surface area contributed by atoms with Gasteiger partial charge in [-0.3, -0.25) is 4.99 Å². The zero-order valence-electron chi connectivity index (χ0n) is 8.55. The first-order valence-electron chi connectivity index (χ1n) is 4.20. The summed E-state index contributed by atoms with van der Waals surface area (Å²) in [5.41, 5.74) is 0. The van der Waals surface area contributed by atoms with Crippen molar-refractivity contribution in [3.63, 3.8) is 0 Å². The van der Waals surface area contributed by atoms with Crippen LogP contribution in [-0.4, -0.2) is 30.9 Å². The van der Waals surface area contributed by atoms with Gasteiger partial charge in [-0.25, -0.2) is 0 Å². The smallest absolute Gasteiger partial charge is 0.101 e. The van der Waals surface area contributed by atoms with Crippen LogP contribution in [-0.2, 0) is 0 Å². The molecule has 0 aromatic carbocycles. The highest BCUT2D eigenvalue weighted by Crippen LogP contribution is 2.02. The second-order valence-electron chi connectivity index (χ2n) is 3.63. The van der Waals surface area contributed by atoms with E-state index in [1.54, 1.807) is 0 Å². The van der Waals surface area contributed by atoms with Gasteiger partial charge in [-0.1, -0.05) is 13.8 Å². The van der Waals surface area contributed by atoms with E-state index in [4.69, 9.17) is 0 Å². The van der Waals surface area contributed by atoms with E-state index in [0.29, 0.717) is 12.0 Å². The fraction of sp³-hybridized carbons (Fsp3) is 0.889. The molecule has 0 saturated carbocycles. The lowest BCUT2D eigenvalue weighted by atomic mass is 10.2. The molecule has 0 rings (SSSR count). The molecule has 0 aromatic heterocycles. The average molecular weight is 156 g/mol. The Morgan fingerprint density at radius 1 is 1.09 bits per heavy atom. The van der Waals surface area contributed by atoms with Gasteiger partial charge in [-0.15, -0.1) is 0 Å². The Kier molecular flexibility index (Phi) is 4.16. The normalized spacial score (nSPS) is 12.9. The van der Waals surface area contributed by atoms with Crippen molar-refractivity contribution in [1.29, 1.82) is 0 Å². The van der Waals surface area contributed by atoms with Gasteiger partial charge < -0.3 is 4.90 Å². The van der Waals surface area contributed by atoms with E-state index in [2.05, 4.69) is 37.6 Å². The van der Waals surface area contributed by atoms with Crippen molar-refractivity contribution < 1.29 is 0 Å². The molecule has 0 atom stereocenters. The molecule has 0 heterocycles. The molecule has 0 spiro atoms. The van der Waals surface area contributed by atoms with E-state index in [-0.39, 0.29) is 0 Å². The molecule has 2 heteroatoms. The van der Waals surface area contributed by atoms with Gasteiger partial charge in [0.05, 0.1) is 0 Å². The molecule has 0 fully saturated rings. The van der Waals surface area contributed by atoms with Crippen molar-refractivity contribution in [2.24, 2.45) is 10.9 Å². The Bertz CT molecular complexity index is 124. The Morgan fingerprint density at radius 3 is 1.64 bits per heavy atom. The van der Waals surface area contributed by atoms with Gasteiger partial charge in [0.1, 0.15) is 5.84 Å². The second-order valence-corrected chi connectivity index (χ2v) is 3.63. The molecule has 0 N–H and O–H groups in total. The van der Waals surface area contributed by atoms with Gasteiger partial charge in [-0.2, -0.15) is 0 Å². The summed E-state index contributed by atoms with van der Waals surface area (Å²) in [6, 6.07) is 0.398. The highest BCUT2D eigenvalue weighted by Gasteiger charge is 2.06. The molecule has 0 aliphatic carbocycles. The highest BCUT2D eigenvalue weighted by atomic mass is 15.1. The molecule has 0 aliphatic heterocycles. The summed E-state index contributed by atoms with van der Waals surface area (Å²) >= 11 is 0. The van der Waals surface area contributed by atoms with Crippen LogP contribution in [0.3, 0.4) is 0 Å². The molecule has 0 bridgehead atoms. The lowest BCUT2D eigenvalue weighted by Gasteiger charge is -2.20. The fourth-order valence-corrected chi connectivity index (χ4v) is 1.05. The van der Waals surface area contributed by atoms with Crippen LogP contribution in [0.4, 0.5) is 0 Å². The molecule has 11 heavy (non-hydrogen) atoms. The zero-order chi connectivity index (χ0) is 9.02. The molecule has 66 valence electrons. The van der Waals surface area contributed by atoms with Gasteiger partial charge >= 0.3 is 0 Å². The predicted octanol–water partition coefficient (Wildman–Crippen LogP) is 2.01. The van der Waals surface area contributed by atoms with Crippen molar-refractivity contribution >= 4 is 5.84 Å². The van der Waals surface area contributed by atoms with E-state index in [9.17, 15) is 0 Å². The lowest BCUT2D eigenvalue weighted by Crippen LogP contribution is -2.28. The SMILES string of the molecule is CC(C)/N=C(\C(C)C)N(C)C. The number of hydrogen-bond acceptors (Lipinski definition) is 1. The van der Waals surface area contributed by atoms with E-state index >= 15 is 0 Å². The summed E-state index contributed by atoms with van der Waals surface area (Å²) in [4.78, 5) is 6.61. The van der Waals surface area contributed by atoms with Crippen molar-refractivity contribution in [2.45, 2.75) is 33.7 Å². The van der Waals surface area contributed by atoms with Crippen LogP contribution in [0.15, 0.2) is 4.99 Å². The number of nitrogens with zero attached hydrogens (tertiary/aromatic N) is 2. The van der Waals surface area contributed by atoms with Crippen LogP contribution in [0, 0.1) is 5.92 Å². The Morgan fingerprint density at radius 2 is 1.55 bits per heavy atom. The summed E-state index contributed by atoms with van der Waals surface area (Å²) in [6.07, 6.45) is 0. The van der Waals surface area contributed by atoms with Gasteiger partial charge in [0.2, 0.25) is 0 Å². The number of amidine groups is 1. The number of rotatable bonds is 2. The molecular formula is C9H20N2. The molecule has 0 aliphatic rings. The van der Waals surface area contributed by atoms with Crippen molar-refractivity contribution in [3.05, 3.63) is 0 Å². The van der Waals surface area contributed by atoms with Crippen LogP contribution in [0.5, 0.6) is 0 Å². The minimum absolute atomic E-state index is 0.398. The van der Waals surface area contributed by atoms with Gasteiger partial charge in [0.15, 0.2) is 0 Å². The Balaban J connectivity index is 4.33. The first kappa shape index (κ1) is 10.5. The molecule has 0 radical (unpaired) electrons. The number of aliphatic imine (C=N–C) groups is 1. The number of hydrogen-bond donors (Lipinski definition) is 0. The van der Waals surface area contributed by atoms with Crippen LogP contribution >= 0.6 is 0 Å². The van der Waals surface area contributed by atoms with Gasteiger partial charge in [0.25, 0.3) is 0 Å². The van der Waals surface area contributed by atoms with Crippen LogP contribution in [0.1, 0.15) is 27.7 Å². The van der Waals surface area contributed by atoms with Crippen LogP contribution in [0.2, 0.25) is 0 Å². The third-order valence-electron chi connectivity index (χ3n) is 1.37. The molecular weight excluding hydrogens is 136 g/mol. The van der Waals surface area contributed by atoms with Crippen molar-refractivity contribution in [3.8, 4) is 0 Å². The second kappa shape index (κ2) is 4.37. The van der Waals surface area contributed by atoms with E-state index in [0.717, 1.165) is 0 Å². The van der Waals surface area contributed by atoms with Crippen molar-refractivity contribution in [2.75, 3.05) is 14.1 Å². The first-order chi connectivity index (χ1) is 4.95. The minimum Gasteiger partial charge on any atom is -0.366 e. The minimum atomic E-state index is 0.398. The summed E-state index contributed by atoms with van der Waals surface area (Å²) in [7, 11) is 4.09. The summed E-state index contributed by atoms with van der Waals surface area (Å²) < 4.78 is 0. The maximum Gasteiger partial charge on any atom is 0.101 e. The molecule has 0 aromatic rings. The molecule has 0 amide bonds. The molecule has 0 unspecified atom stereocenters. The van der Waals surface area contributed by atoms with E-state index in [1.165, 1.54) is 5.84 Å². The van der Waals surface area contributed by atoms with Crippen LogP contribution < -0.4 is 0 Å². The van der Waals surface area contributed by atoms with E-state index < -0.39 is 0 Å². The quantitative estimate of drug-likeness (QED) is 0.441. The predicted molar refractivity (Wildman–Crippen MR) is 51.1 cm³/mol.